The molecule has 0 fully saturated rings. The number of alkyl halides is 18. The zero-order chi connectivity index (χ0) is 26.6. The average Bonchev–Trinajstić information content (AvgIpc) is 2.50. The smallest absolute Gasteiger partial charge is 0.292 e. The standard InChI is InChI=1S/C11H2F18O3/c12-4(13,6(15,16)9(22,23)24)2(30)1-3(31)5(14,8(19,20)21)32-11(28,29)7(17,18)10(25,26)27/h1H2. The van der Waals surface area contributed by atoms with Crippen molar-refractivity contribution in [2.24, 2.45) is 0 Å². The fourth-order valence-electron chi connectivity index (χ4n) is 1.40. The topological polar surface area (TPSA) is 43.4 Å². The van der Waals surface area contributed by atoms with E-state index >= 15 is 0 Å². The molecule has 0 aliphatic carbocycles. The summed E-state index contributed by atoms with van der Waals surface area (Å²) < 4.78 is 226. The number of ketones is 2. The van der Waals surface area contributed by atoms with Crippen LogP contribution in [0.3, 0.4) is 0 Å². The van der Waals surface area contributed by atoms with Gasteiger partial charge in [-0.05, 0) is 0 Å². The quantitative estimate of drug-likeness (QED) is 0.317. The first-order valence-electron chi connectivity index (χ1n) is 6.68. The predicted molar refractivity (Wildman–Crippen MR) is 57.5 cm³/mol. The minimum Gasteiger partial charge on any atom is -0.292 e. The number of hydrogen-bond acceptors (Lipinski definition) is 3. The molecule has 32 heavy (non-hydrogen) atoms. The van der Waals surface area contributed by atoms with Gasteiger partial charge in [0.25, 0.3) is 0 Å². The molecule has 0 aromatic rings. The van der Waals surface area contributed by atoms with Crippen LogP contribution in [-0.2, 0) is 14.3 Å². The van der Waals surface area contributed by atoms with E-state index in [0.29, 0.717) is 0 Å². The molecule has 0 radical (unpaired) electrons. The molecule has 0 amide bonds. The Kier molecular flexibility index (Phi) is 7.34. The van der Waals surface area contributed by atoms with E-state index in [1.165, 1.54) is 0 Å². The second kappa shape index (κ2) is 7.82. The summed E-state index contributed by atoms with van der Waals surface area (Å²) in [6.07, 6.45) is -33.8. The van der Waals surface area contributed by atoms with Crippen molar-refractivity contribution in [2.45, 2.75) is 54.7 Å². The van der Waals surface area contributed by atoms with Crippen molar-refractivity contribution in [3.05, 3.63) is 0 Å². The molecule has 0 aromatic heterocycles. The number of halogens is 18. The van der Waals surface area contributed by atoms with Crippen molar-refractivity contribution in [1.29, 1.82) is 0 Å². The second-order valence-corrected chi connectivity index (χ2v) is 5.45. The maximum atomic E-state index is 13.7. The lowest BCUT2D eigenvalue weighted by Gasteiger charge is -2.34. The number of hydrogen-bond donors (Lipinski definition) is 0. The van der Waals surface area contributed by atoms with Crippen LogP contribution in [0.1, 0.15) is 6.42 Å². The van der Waals surface area contributed by atoms with Crippen molar-refractivity contribution in [3.8, 4) is 0 Å². The van der Waals surface area contributed by atoms with Crippen LogP contribution < -0.4 is 0 Å². The van der Waals surface area contributed by atoms with Crippen molar-refractivity contribution in [2.75, 3.05) is 0 Å². The van der Waals surface area contributed by atoms with Gasteiger partial charge in [-0.1, -0.05) is 0 Å². The molecule has 0 N–H and O–H groups in total. The summed E-state index contributed by atoms with van der Waals surface area (Å²) in [5.41, 5.74) is 0. The molecule has 1 atom stereocenters. The highest BCUT2D eigenvalue weighted by Gasteiger charge is 2.80. The van der Waals surface area contributed by atoms with Crippen LogP contribution >= 0.6 is 0 Å². The molecule has 0 heterocycles. The SMILES string of the molecule is O=C(CC(=O)C(F)(OC(F)(F)C(F)(F)C(F)(F)F)C(F)(F)F)C(F)(F)C(F)(F)C(F)(F)F. The third-order valence-corrected chi connectivity index (χ3v) is 3.14. The highest BCUT2D eigenvalue weighted by molar-refractivity contribution is 6.05. The summed E-state index contributed by atoms with van der Waals surface area (Å²) in [7, 11) is 0. The lowest BCUT2D eigenvalue weighted by atomic mass is 9.99. The van der Waals surface area contributed by atoms with Gasteiger partial charge in [-0.25, -0.2) is 0 Å². The fraction of sp³-hybridized carbons (Fsp3) is 0.818. The summed E-state index contributed by atoms with van der Waals surface area (Å²) in [6, 6.07) is 0. The van der Waals surface area contributed by atoms with E-state index in [4.69, 9.17) is 0 Å². The Hall–Kier alpha value is -1.96. The van der Waals surface area contributed by atoms with E-state index in [-0.39, 0.29) is 0 Å². The third kappa shape index (κ3) is 4.85. The monoisotopic (exact) mass is 524 g/mol. The van der Waals surface area contributed by atoms with Gasteiger partial charge in [-0.15, -0.1) is 0 Å². The van der Waals surface area contributed by atoms with Crippen molar-refractivity contribution < 1.29 is 93.4 Å². The lowest BCUT2D eigenvalue weighted by Crippen LogP contribution is -2.62. The van der Waals surface area contributed by atoms with Gasteiger partial charge >= 0.3 is 48.3 Å². The summed E-state index contributed by atoms with van der Waals surface area (Å²) in [4.78, 5) is 21.8. The molecule has 0 spiro atoms. The van der Waals surface area contributed by atoms with E-state index in [2.05, 4.69) is 0 Å². The Bertz CT molecular complexity index is 728. The average molecular weight is 524 g/mol. The molecule has 0 saturated carbocycles. The third-order valence-electron chi connectivity index (χ3n) is 3.14. The number of rotatable bonds is 8. The Balaban J connectivity index is 6.27. The van der Waals surface area contributed by atoms with E-state index in [0.717, 1.165) is 0 Å². The van der Waals surface area contributed by atoms with Crippen LogP contribution in [0.5, 0.6) is 0 Å². The predicted octanol–water partition coefficient (Wildman–Crippen LogP) is 5.38. The minimum atomic E-state index is -7.71. The summed E-state index contributed by atoms with van der Waals surface area (Å²) in [5, 5.41) is 0. The number of carbonyl (C=O) groups excluding carboxylic acids is 2. The first-order chi connectivity index (χ1) is 13.5. The molecule has 21 heteroatoms. The zero-order valence-electron chi connectivity index (χ0n) is 13.7. The molecule has 190 valence electrons. The molecule has 0 rings (SSSR count). The van der Waals surface area contributed by atoms with Gasteiger partial charge in [0.15, 0.2) is 0 Å². The Morgan fingerprint density at radius 1 is 0.500 bits per heavy atom. The Morgan fingerprint density at radius 3 is 1.12 bits per heavy atom. The van der Waals surface area contributed by atoms with Crippen molar-refractivity contribution in [1.82, 2.24) is 0 Å². The molecule has 1 unspecified atom stereocenters. The van der Waals surface area contributed by atoms with E-state index in [1.807, 2.05) is 0 Å². The van der Waals surface area contributed by atoms with Crippen LogP contribution in [0.2, 0.25) is 0 Å². The van der Waals surface area contributed by atoms with Crippen molar-refractivity contribution >= 4 is 11.6 Å². The van der Waals surface area contributed by atoms with Crippen LogP contribution in [0.25, 0.3) is 0 Å². The van der Waals surface area contributed by atoms with E-state index < -0.39 is 66.2 Å². The van der Waals surface area contributed by atoms with Gasteiger partial charge in [0.05, 0.1) is 6.42 Å². The molecule has 0 aliphatic heterocycles. The molecular formula is C11H2F18O3. The first kappa shape index (κ1) is 30.0. The van der Waals surface area contributed by atoms with Gasteiger partial charge < -0.3 is 0 Å². The first-order valence-corrected chi connectivity index (χ1v) is 6.68. The molecule has 3 nitrogen and oxygen atoms in total. The highest BCUT2D eigenvalue weighted by atomic mass is 19.4. The van der Waals surface area contributed by atoms with E-state index in [9.17, 15) is 88.6 Å². The van der Waals surface area contributed by atoms with Crippen LogP contribution in [0.15, 0.2) is 0 Å². The van der Waals surface area contributed by atoms with Crippen molar-refractivity contribution in [3.63, 3.8) is 0 Å². The largest absolute Gasteiger partial charge is 0.462 e. The van der Waals surface area contributed by atoms with Crippen LogP contribution in [0, 0.1) is 0 Å². The van der Waals surface area contributed by atoms with Gasteiger partial charge in [-0.2, -0.15) is 79.0 Å². The Labute approximate surface area is 161 Å². The second-order valence-electron chi connectivity index (χ2n) is 5.45. The molecule has 0 saturated heterocycles. The minimum absolute atomic E-state index is 1.56. The van der Waals surface area contributed by atoms with E-state index in [1.54, 1.807) is 4.74 Å². The number of carbonyl (C=O) groups is 2. The summed E-state index contributed by atoms with van der Waals surface area (Å²) in [5.74, 6) is -38.0. The summed E-state index contributed by atoms with van der Waals surface area (Å²) in [6.45, 7) is 0. The zero-order valence-corrected chi connectivity index (χ0v) is 13.7. The van der Waals surface area contributed by atoms with Crippen LogP contribution in [0.4, 0.5) is 79.0 Å². The van der Waals surface area contributed by atoms with Crippen LogP contribution in [-0.4, -0.2) is 59.8 Å². The van der Waals surface area contributed by atoms with Gasteiger partial charge in [0, 0.05) is 0 Å². The molecule has 0 aromatic carbocycles. The maximum absolute atomic E-state index is 13.7. The van der Waals surface area contributed by atoms with Gasteiger partial charge in [-0.3, -0.25) is 14.3 Å². The molecule has 0 bridgehead atoms. The fourth-order valence-corrected chi connectivity index (χ4v) is 1.40. The number of Topliss-reactive ketones (excluding diaryl/α,β-unsaturated/α-hetero) is 2. The number of ether oxygens (including phenoxy) is 1. The van der Waals surface area contributed by atoms with Gasteiger partial charge in [0.1, 0.15) is 0 Å². The molecular weight excluding hydrogens is 522 g/mol. The maximum Gasteiger partial charge on any atom is 0.462 e. The molecule has 0 aliphatic rings. The lowest BCUT2D eigenvalue weighted by molar-refractivity contribution is -0.472. The van der Waals surface area contributed by atoms with Gasteiger partial charge in [0.2, 0.25) is 11.6 Å². The highest BCUT2D eigenvalue weighted by Crippen LogP contribution is 2.52. The summed E-state index contributed by atoms with van der Waals surface area (Å²) >= 11 is 0. The normalized spacial score (nSPS) is 17.2. The Morgan fingerprint density at radius 2 is 0.844 bits per heavy atom.